The molecule has 5 N–H and O–H groups in total. The van der Waals surface area contributed by atoms with Crippen LogP contribution in [0.3, 0.4) is 0 Å². The van der Waals surface area contributed by atoms with Crippen LogP contribution in [0, 0.1) is 5.82 Å². The third-order valence-corrected chi connectivity index (χ3v) is 8.12. The number of halogens is 1. The van der Waals surface area contributed by atoms with Gasteiger partial charge in [0, 0.05) is 56.3 Å². The van der Waals surface area contributed by atoms with E-state index in [2.05, 4.69) is 25.7 Å². The highest BCUT2D eigenvalue weighted by Gasteiger charge is 2.32. The Morgan fingerprint density at radius 1 is 1.18 bits per heavy atom. The number of phenolic OH excluding ortho intramolecular Hbond substituents is 1. The van der Waals surface area contributed by atoms with E-state index in [-0.39, 0.29) is 29.6 Å². The van der Waals surface area contributed by atoms with Crippen LogP contribution in [0.25, 0.3) is 16.6 Å². The first-order valence-corrected chi connectivity index (χ1v) is 16.2. The quantitative estimate of drug-likeness (QED) is 0.0969. The molecule has 0 saturated carbocycles. The number of aromatic hydroxyl groups is 1. The molecule has 49 heavy (non-hydrogen) atoms. The number of rotatable bonds is 11. The van der Waals surface area contributed by atoms with Crippen molar-refractivity contribution >= 4 is 34.7 Å². The van der Waals surface area contributed by atoms with Crippen molar-refractivity contribution in [3.63, 3.8) is 0 Å². The van der Waals surface area contributed by atoms with Gasteiger partial charge >= 0.3 is 6.09 Å². The van der Waals surface area contributed by atoms with Crippen molar-refractivity contribution in [3.05, 3.63) is 71.6 Å². The zero-order chi connectivity index (χ0) is 35.3. The van der Waals surface area contributed by atoms with Gasteiger partial charge in [0.15, 0.2) is 11.6 Å². The summed E-state index contributed by atoms with van der Waals surface area (Å²) in [6.07, 6.45) is 6.77. The molecule has 1 saturated heterocycles. The van der Waals surface area contributed by atoms with Gasteiger partial charge < -0.3 is 35.8 Å². The molecule has 1 aromatic carbocycles. The first kappa shape index (κ1) is 35.1. The minimum Gasteiger partial charge on any atom is -0.505 e. The number of nitrogens with zero attached hydrogens (tertiary/aromatic N) is 5. The Morgan fingerprint density at radius 3 is 2.67 bits per heavy atom. The molecule has 0 bridgehead atoms. The predicted octanol–water partition coefficient (Wildman–Crippen LogP) is 5.03. The number of aliphatic imine (C=N–C) groups is 1. The molecule has 1 fully saturated rings. The summed E-state index contributed by atoms with van der Waals surface area (Å²) in [5.74, 6) is -1.48. The van der Waals surface area contributed by atoms with Gasteiger partial charge in [-0.05, 0) is 63.8 Å². The van der Waals surface area contributed by atoms with Gasteiger partial charge in [-0.25, -0.2) is 18.7 Å². The number of amides is 2. The molecule has 1 aliphatic heterocycles. The minimum atomic E-state index is -0.803. The number of carbonyl (C=O) groups excluding carboxylic acids is 2. The van der Waals surface area contributed by atoms with Crippen molar-refractivity contribution in [2.75, 3.05) is 38.7 Å². The lowest BCUT2D eigenvalue weighted by molar-refractivity contribution is 0.0235. The van der Waals surface area contributed by atoms with Crippen LogP contribution in [0.15, 0.2) is 53.9 Å². The summed E-state index contributed by atoms with van der Waals surface area (Å²) in [6.45, 7) is 9.13. The van der Waals surface area contributed by atoms with Crippen LogP contribution in [0.4, 0.5) is 20.6 Å². The molecule has 0 spiro atoms. The van der Waals surface area contributed by atoms with Crippen LogP contribution < -0.4 is 16.4 Å². The average molecular weight is 675 g/mol. The summed E-state index contributed by atoms with van der Waals surface area (Å²) < 4.78 is 26.7. The first-order valence-electron chi connectivity index (χ1n) is 16.2. The summed E-state index contributed by atoms with van der Waals surface area (Å²) in [5.41, 5.74) is 10.5. The Balaban J connectivity index is 1.51. The molecule has 2 amide bonds. The second kappa shape index (κ2) is 14.9. The molecule has 3 aromatic heterocycles. The number of carbonyl (C=O) groups is 2. The number of benzene rings is 1. The van der Waals surface area contributed by atoms with Gasteiger partial charge in [0.2, 0.25) is 0 Å². The summed E-state index contributed by atoms with van der Waals surface area (Å²) in [5, 5.41) is 20.8. The topological polar surface area (TPSA) is 169 Å². The molecule has 4 aromatic rings. The number of nitrogens with two attached hydrogens (primary N) is 1. The largest absolute Gasteiger partial charge is 0.505 e. The second-order valence-electron chi connectivity index (χ2n) is 12.8. The number of phenols is 1. The average Bonchev–Trinajstić information content (AvgIpc) is 3.72. The van der Waals surface area contributed by atoms with Gasteiger partial charge in [0.05, 0.1) is 41.3 Å². The third-order valence-electron chi connectivity index (χ3n) is 8.12. The zero-order valence-electron chi connectivity index (χ0n) is 28.4. The van der Waals surface area contributed by atoms with E-state index in [1.54, 1.807) is 41.1 Å². The predicted molar refractivity (Wildman–Crippen MR) is 185 cm³/mol. The van der Waals surface area contributed by atoms with Crippen LogP contribution in [-0.2, 0) is 15.9 Å². The lowest BCUT2D eigenvalue weighted by Gasteiger charge is -2.29. The number of pyridine rings is 1. The van der Waals surface area contributed by atoms with Crippen molar-refractivity contribution in [3.8, 4) is 16.9 Å². The Hall–Kier alpha value is -5.24. The second-order valence-corrected chi connectivity index (χ2v) is 12.8. The van der Waals surface area contributed by atoms with Gasteiger partial charge in [-0.2, -0.15) is 5.10 Å². The molecule has 0 unspecified atom stereocenters. The number of hydrogen-bond donors (Lipinski definition) is 4. The van der Waals surface area contributed by atoms with Crippen LogP contribution in [0.1, 0.15) is 62.2 Å². The zero-order valence-corrected chi connectivity index (χ0v) is 28.4. The van der Waals surface area contributed by atoms with Gasteiger partial charge in [-0.1, -0.05) is 13.0 Å². The van der Waals surface area contributed by atoms with Crippen molar-refractivity contribution in [2.45, 2.75) is 58.6 Å². The fourth-order valence-electron chi connectivity index (χ4n) is 5.65. The van der Waals surface area contributed by atoms with Gasteiger partial charge in [0.25, 0.3) is 5.91 Å². The Morgan fingerprint density at radius 2 is 1.98 bits per heavy atom. The normalized spacial score (nSPS) is 15.1. The molecular formula is C35H43FN8O5. The number of fused-ring (bicyclic) bond motifs is 1. The van der Waals surface area contributed by atoms with Crippen LogP contribution in [0.2, 0.25) is 0 Å². The maximum Gasteiger partial charge on any atom is 0.410 e. The summed E-state index contributed by atoms with van der Waals surface area (Å²) in [4.78, 5) is 36.1. The van der Waals surface area contributed by atoms with E-state index in [9.17, 15) is 19.1 Å². The van der Waals surface area contributed by atoms with E-state index < -0.39 is 17.2 Å². The molecule has 14 heteroatoms. The van der Waals surface area contributed by atoms with Crippen molar-refractivity contribution in [2.24, 2.45) is 10.7 Å². The van der Waals surface area contributed by atoms with Crippen LogP contribution in [-0.4, -0.2) is 87.4 Å². The molecular weight excluding hydrogens is 631 g/mol. The first-order chi connectivity index (χ1) is 23.4. The Labute approximate surface area is 284 Å². The summed E-state index contributed by atoms with van der Waals surface area (Å²) in [6, 6.07) is 7.72. The molecule has 0 radical (unpaired) electrons. The molecule has 1 aliphatic rings. The summed E-state index contributed by atoms with van der Waals surface area (Å²) in [7, 11) is 1.56. The molecule has 260 valence electrons. The highest BCUT2D eigenvalue weighted by molar-refractivity contribution is 6.06. The number of hydrogen-bond acceptors (Lipinski definition) is 9. The number of ether oxygens (including phenoxy) is 2. The number of nitrogens with one attached hydrogen (secondary N) is 2. The van der Waals surface area contributed by atoms with E-state index in [1.165, 1.54) is 6.07 Å². The number of aryl methyl sites for hydroxylation is 1. The molecule has 1 atom stereocenters. The van der Waals surface area contributed by atoms with Gasteiger partial charge in [-0.15, -0.1) is 0 Å². The van der Waals surface area contributed by atoms with Crippen LogP contribution >= 0.6 is 0 Å². The fourth-order valence-corrected chi connectivity index (χ4v) is 5.65. The molecule has 5 rings (SSSR count). The molecule has 13 nitrogen and oxygen atoms in total. The highest BCUT2D eigenvalue weighted by Crippen LogP contribution is 2.32. The SMILES string of the molecule is CCc1cc(O)c(F)cc1N=C(N)c1cnn2cc(-c3ccc(C(=O)NCCOC)nc3)cc2c1NC[C@H]1CCCN1C(=O)OC(C)(C)C. The fraction of sp³-hybridized carbons (Fsp3) is 0.400. The van der Waals surface area contributed by atoms with Crippen molar-refractivity contribution in [1.29, 1.82) is 0 Å². The lowest BCUT2D eigenvalue weighted by Crippen LogP contribution is -2.42. The number of likely N-dealkylation sites (tertiary alicyclic amines) is 1. The number of methoxy groups -OCH3 is 1. The number of amidine groups is 1. The molecule has 4 heterocycles. The Kier molecular flexibility index (Phi) is 10.7. The van der Waals surface area contributed by atoms with Gasteiger partial charge in [0.1, 0.15) is 17.1 Å². The van der Waals surface area contributed by atoms with Crippen molar-refractivity contribution < 1.29 is 28.6 Å². The maximum absolute atomic E-state index is 14.4. The van der Waals surface area contributed by atoms with E-state index in [4.69, 9.17) is 15.2 Å². The van der Waals surface area contributed by atoms with E-state index in [1.807, 2.05) is 40.0 Å². The van der Waals surface area contributed by atoms with E-state index in [0.717, 1.165) is 30.0 Å². The lowest BCUT2D eigenvalue weighted by atomic mass is 10.1. The number of aromatic nitrogens is 3. The van der Waals surface area contributed by atoms with E-state index >= 15 is 0 Å². The smallest absolute Gasteiger partial charge is 0.410 e. The van der Waals surface area contributed by atoms with Gasteiger partial charge in [-0.3, -0.25) is 9.78 Å². The standard InChI is InChI=1S/C35H43FN8O5/c1-6-21-15-30(45)26(36)16-28(21)42-32(37)25-19-41-44-20-23(22-9-10-27(39-17-22)33(46)38-11-13-48-5)14-29(44)31(25)40-18-24-8-7-12-43(24)34(47)49-35(2,3)4/h9-10,14-17,19-20,24,40,45H,6-8,11-13,18H2,1-5H3,(H2,37,42)(H,38,46)/t24-/m1/s1. The monoisotopic (exact) mass is 674 g/mol. The highest BCUT2D eigenvalue weighted by atomic mass is 19.1. The maximum atomic E-state index is 14.4. The Bertz CT molecular complexity index is 1850. The van der Waals surface area contributed by atoms with Crippen LogP contribution in [0.5, 0.6) is 5.75 Å². The van der Waals surface area contributed by atoms with E-state index in [0.29, 0.717) is 60.7 Å². The minimum absolute atomic E-state index is 0.0842. The molecule has 0 aliphatic carbocycles. The third kappa shape index (κ3) is 8.26. The summed E-state index contributed by atoms with van der Waals surface area (Å²) >= 11 is 0. The van der Waals surface area contributed by atoms with Crippen molar-refractivity contribution in [1.82, 2.24) is 24.8 Å². The number of anilines is 1.